The number of anilines is 1. The number of nitrogens with zero attached hydrogens (tertiary/aromatic N) is 2. The van der Waals surface area contributed by atoms with Crippen LogP contribution in [-0.2, 0) is 12.0 Å². The number of carbonyl (C=O) groups excluding carboxylic acids is 1. The van der Waals surface area contributed by atoms with E-state index in [0.29, 0.717) is 22.2 Å². The summed E-state index contributed by atoms with van der Waals surface area (Å²) < 4.78 is 5.54. The largest absolute Gasteiger partial charge is 0.497 e. The Kier molecular flexibility index (Phi) is 6.51. The molecule has 2 aliphatic heterocycles. The summed E-state index contributed by atoms with van der Waals surface area (Å²) in [5, 5.41) is 1.67. The van der Waals surface area contributed by atoms with E-state index in [0.717, 1.165) is 48.9 Å². The van der Waals surface area contributed by atoms with Gasteiger partial charge in [0.15, 0.2) is 0 Å². The van der Waals surface area contributed by atoms with Gasteiger partial charge >= 0.3 is 0 Å². The summed E-state index contributed by atoms with van der Waals surface area (Å²) in [4.78, 5) is 17.9. The van der Waals surface area contributed by atoms with Crippen molar-refractivity contribution in [3.63, 3.8) is 0 Å². The van der Waals surface area contributed by atoms with Crippen molar-refractivity contribution in [2.75, 3.05) is 31.6 Å². The predicted octanol–water partition coefficient (Wildman–Crippen LogP) is 6.85. The topological polar surface area (TPSA) is 32.8 Å². The van der Waals surface area contributed by atoms with E-state index >= 15 is 0 Å². The molecule has 0 bridgehead atoms. The first-order valence-electron chi connectivity index (χ1n) is 11.3. The van der Waals surface area contributed by atoms with E-state index in [9.17, 15) is 4.79 Å². The lowest BCUT2D eigenvalue weighted by Gasteiger charge is -2.40. The molecule has 7 heteroatoms. The number of halogens is 3. The molecular formula is C27H25Cl3N2O2. The molecule has 5 rings (SSSR count). The quantitative estimate of drug-likeness (QED) is 0.381. The molecule has 2 heterocycles. The summed E-state index contributed by atoms with van der Waals surface area (Å²) in [7, 11) is 1.67. The van der Waals surface area contributed by atoms with Gasteiger partial charge in [0.05, 0.1) is 7.11 Å². The minimum Gasteiger partial charge on any atom is -0.497 e. The van der Waals surface area contributed by atoms with E-state index in [2.05, 4.69) is 17.0 Å². The average Bonchev–Trinajstić information content (AvgIpc) is 3.13. The van der Waals surface area contributed by atoms with E-state index < -0.39 is 0 Å². The van der Waals surface area contributed by atoms with Crippen molar-refractivity contribution < 1.29 is 9.53 Å². The number of ether oxygens (including phenoxy) is 1. The lowest BCUT2D eigenvalue weighted by atomic mass is 9.74. The van der Waals surface area contributed by atoms with Crippen LogP contribution in [-0.4, -0.2) is 37.6 Å². The SMILES string of the molecule is COc1ccc2c(c1)C1(CCN(Cc3cccc(Cl)c3)CC1)CN2C(=O)c1cc(Cl)cc(Cl)c1. The fraction of sp³-hybridized carbons (Fsp3) is 0.296. The van der Waals surface area contributed by atoms with Crippen LogP contribution in [0.25, 0.3) is 0 Å². The monoisotopic (exact) mass is 514 g/mol. The normalized spacial score (nSPS) is 17.1. The summed E-state index contributed by atoms with van der Waals surface area (Å²) in [5.74, 6) is 0.716. The van der Waals surface area contributed by atoms with E-state index in [-0.39, 0.29) is 11.3 Å². The molecule has 0 aromatic heterocycles. The minimum absolute atomic E-state index is 0.0888. The molecule has 1 saturated heterocycles. The number of benzene rings is 3. The lowest BCUT2D eigenvalue weighted by molar-refractivity contribution is 0.0975. The highest BCUT2D eigenvalue weighted by molar-refractivity contribution is 6.35. The molecule has 0 unspecified atom stereocenters. The van der Waals surface area contributed by atoms with Crippen molar-refractivity contribution in [1.82, 2.24) is 4.90 Å². The average molecular weight is 516 g/mol. The Morgan fingerprint density at radius 3 is 2.35 bits per heavy atom. The Bertz CT molecular complexity index is 1220. The molecule has 0 N–H and O–H groups in total. The van der Waals surface area contributed by atoms with Gasteiger partial charge in [-0.25, -0.2) is 0 Å². The fourth-order valence-electron chi connectivity index (χ4n) is 5.25. The van der Waals surface area contributed by atoms with Crippen LogP contribution in [0.3, 0.4) is 0 Å². The Morgan fingerprint density at radius 2 is 1.68 bits per heavy atom. The number of carbonyl (C=O) groups is 1. The van der Waals surface area contributed by atoms with Crippen LogP contribution in [0.15, 0.2) is 60.7 Å². The fourth-order valence-corrected chi connectivity index (χ4v) is 5.99. The molecule has 0 atom stereocenters. The number of hydrogen-bond acceptors (Lipinski definition) is 3. The molecule has 1 fully saturated rings. The molecule has 0 aliphatic carbocycles. The second-order valence-corrected chi connectivity index (χ2v) is 10.4. The Labute approximate surface area is 215 Å². The smallest absolute Gasteiger partial charge is 0.258 e. The lowest BCUT2D eigenvalue weighted by Crippen LogP contribution is -2.45. The molecule has 3 aromatic carbocycles. The van der Waals surface area contributed by atoms with Gasteiger partial charge < -0.3 is 9.64 Å². The van der Waals surface area contributed by atoms with Gasteiger partial charge in [0.25, 0.3) is 5.91 Å². The highest BCUT2D eigenvalue weighted by atomic mass is 35.5. The van der Waals surface area contributed by atoms with E-state index in [1.54, 1.807) is 25.3 Å². The number of methoxy groups -OCH3 is 1. The Balaban J connectivity index is 1.42. The number of amides is 1. The van der Waals surface area contributed by atoms with Crippen molar-refractivity contribution in [3.05, 3.63) is 92.4 Å². The van der Waals surface area contributed by atoms with Gasteiger partial charge in [0.1, 0.15) is 5.75 Å². The standard InChI is InChI=1S/C27H25Cl3N2O2/c1-34-23-5-6-25-24(15-23)27(17-32(25)26(33)19-12-21(29)14-22(30)13-19)7-9-31(10-8-27)16-18-3-2-4-20(28)11-18/h2-6,11-15H,7-10,16-17H2,1H3. The third kappa shape index (κ3) is 4.52. The number of likely N-dealkylation sites (tertiary alicyclic amines) is 1. The van der Waals surface area contributed by atoms with Crippen molar-refractivity contribution in [1.29, 1.82) is 0 Å². The van der Waals surface area contributed by atoms with E-state index in [1.807, 2.05) is 35.2 Å². The molecule has 1 spiro atoms. The third-order valence-electron chi connectivity index (χ3n) is 6.99. The predicted molar refractivity (Wildman–Crippen MR) is 139 cm³/mol. The highest BCUT2D eigenvalue weighted by Gasteiger charge is 2.46. The second kappa shape index (κ2) is 9.43. The first-order chi connectivity index (χ1) is 16.4. The van der Waals surface area contributed by atoms with Gasteiger partial charge in [-0.3, -0.25) is 9.69 Å². The number of fused-ring (bicyclic) bond motifs is 2. The zero-order chi connectivity index (χ0) is 23.9. The first-order valence-corrected chi connectivity index (χ1v) is 12.4. The molecule has 2 aliphatic rings. The second-order valence-electron chi connectivity index (χ2n) is 9.12. The van der Waals surface area contributed by atoms with Crippen LogP contribution >= 0.6 is 34.8 Å². The molecule has 4 nitrogen and oxygen atoms in total. The number of piperidine rings is 1. The van der Waals surface area contributed by atoms with Crippen LogP contribution in [0.5, 0.6) is 5.75 Å². The molecule has 176 valence electrons. The van der Waals surface area contributed by atoms with Crippen molar-refractivity contribution in [2.24, 2.45) is 0 Å². The summed E-state index contributed by atoms with van der Waals surface area (Å²) in [6, 6.07) is 19.0. The first kappa shape index (κ1) is 23.5. The van der Waals surface area contributed by atoms with E-state index in [1.165, 1.54) is 11.1 Å². The van der Waals surface area contributed by atoms with Crippen molar-refractivity contribution >= 4 is 46.4 Å². The van der Waals surface area contributed by atoms with E-state index in [4.69, 9.17) is 39.5 Å². The zero-order valence-corrected chi connectivity index (χ0v) is 21.1. The molecule has 1 amide bonds. The zero-order valence-electron chi connectivity index (χ0n) is 18.9. The Hall–Kier alpha value is -2.24. The molecule has 3 aromatic rings. The minimum atomic E-state index is -0.118. The maximum atomic E-state index is 13.6. The molecule has 0 radical (unpaired) electrons. The van der Waals surface area contributed by atoms with Crippen LogP contribution < -0.4 is 9.64 Å². The van der Waals surface area contributed by atoms with Gasteiger partial charge in [-0.1, -0.05) is 46.9 Å². The molecule has 34 heavy (non-hydrogen) atoms. The van der Waals surface area contributed by atoms with Crippen molar-refractivity contribution in [3.8, 4) is 5.75 Å². The van der Waals surface area contributed by atoms with Crippen LogP contribution in [0.4, 0.5) is 5.69 Å². The Morgan fingerprint density at radius 1 is 0.941 bits per heavy atom. The maximum absolute atomic E-state index is 13.6. The number of hydrogen-bond donors (Lipinski definition) is 0. The van der Waals surface area contributed by atoms with Crippen LogP contribution in [0.1, 0.15) is 34.3 Å². The van der Waals surface area contributed by atoms with Gasteiger partial charge in [-0.2, -0.15) is 0 Å². The maximum Gasteiger partial charge on any atom is 0.258 e. The van der Waals surface area contributed by atoms with Gasteiger partial charge in [-0.15, -0.1) is 0 Å². The number of rotatable bonds is 4. The summed E-state index contributed by atoms with van der Waals surface area (Å²) in [5.41, 5.74) is 3.70. The van der Waals surface area contributed by atoms with Crippen LogP contribution in [0.2, 0.25) is 15.1 Å². The summed E-state index contributed by atoms with van der Waals surface area (Å²) in [6.45, 7) is 3.37. The van der Waals surface area contributed by atoms with Gasteiger partial charge in [0, 0.05) is 44.8 Å². The van der Waals surface area contributed by atoms with Gasteiger partial charge in [-0.05, 0) is 85.6 Å². The highest BCUT2D eigenvalue weighted by Crippen LogP contribution is 2.49. The summed E-state index contributed by atoms with van der Waals surface area (Å²) in [6.07, 6.45) is 1.90. The molecular weight excluding hydrogens is 491 g/mol. The molecule has 0 saturated carbocycles. The van der Waals surface area contributed by atoms with Crippen LogP contribution in [0, 0.1) is 0 Å². The third-order valence-corrected chi connectivity index (χ3v) is 7.66. The van der Waals surface area contributed by atoms with Gasteiger partial charge in [0.2, 0.25) is 0 Å². The summed E-state index contributed by atoms with van der Waals surface area (Å²) >= 11 is 18.6. The van der Waals surface area contributed by atoms with Crippen molar-refractivity contribution in [2.45, 2.75) is 24.8 Å².